The molecule has 0 bridgehead atoms. The normalized spacial score (nSPS) is 20.2. The summed E-state index contributed by atoms with van der Waals surface area (Å²) in [6, 6.07) is 11.1. The number of benzene rings is 1. The highest BCUT2D eigenvalue weighted by molar-refractivity contribution is 5.98. The molecular formula is C21H24N2O4. The summed E-state index contributed by atoms with van der Waals surface area (Å²) in [6.45, 7) is 0.800. The summed E-state index contributed by atoms with van der Waals surface area (Å²) in [7, 11) is 0. The molecule has 1 N–H and O–H groups in total. The highest BCUT2D eigenvalue weighted by Gasteiger charge is 2.35. The van der Waals surface area contributed by atoms with Crippen molar-refractivity contribution in [3.8, 4) is 5.75 Å². The second-order valence-electron chi connectivity index (χ2n) is 7.26. The van der Waals surface area contributed by atoms with Gasteiger partial charge in [0.25, 0.3) is 0 Å². The third kappa shape index (κ3) is 4.15. The number of hydrogen-bond acceptors (Lipinski definition) is 4. The first-order chi connectivity index (χ1) is 13.2. The van der Waals surface area contributed by atoms with Gasteiger partial charge in [0.15, 0.2) is 0 Å². The third-order valence-electron chi connectivity index (χ3n) is 5.25. The van der Waals surface area contributed by atoms with Gasteiger partial charge >= 0.3 is 0 Å². The van der Waals surface area contributed by atoms with Crippen molar-refractivity contribution >= 4 is 17.5 Å². The van der Waals surface area contributed by atoms with Crippen molar-refractivity contribution in [2.24, 2.45) is 5.92 Å². The Morgan fingerprint density at radius 1 is 1.19 bits per heavy atom. The van der Waals surface area contributed by atoms with Crippen molar-refractivity contribution in [3.05, 3.63) is 48.4 Å². The molecule has 2 aromatic rings. The van der Waals surface area contributed by atoms with Crippen LogP contribution in [-0.2, 0) is 16.1 Å². The Bertz CT molecular complexity index is 796. The van der Waals surface area contributed by atoms with Crippen molar-refractivity contribution in [2.75, 3.05) is 11.9 Å². The molecular weight excluding hydrogens is 344 g/mol. The van der Waals surface area contributed by atoms with E-state index in [1.807, 2.05) is 30.3 Å². The molecule has 2 amide bonds. The standard InChI is InChI=1S/C21H24N2O4/c24-20-12-15(13-23(20)14-17-8-5-11-26-17)21(25)22-18-9-3-4-10-19(18)27-16-6-1-2-7-16/h3-5,8-11,15-16H,1-2,6-7,12-14H2,(H,22,25). The van der Waals surface area contributed by atoms with Crippen LogP contribution in [0.2, 0.25) is 0 Å². The maximum atomic E-state index is 12.7. The van der Waals surface area contributed by atoms with E-state index in [0.29, 0.717) is 24.5 Å². The Morgan fingerprint density at radius 2 is 2.00 bits per heavy atom. The van der Waals surface area contributed by atoms with Gasteiger partial charge in [0, 0.05) is 13.0 Å². The van der Waals surface area contributed by atoms with Crippen LogP contribution in [0.1, 0.15) is 37.9 Å². The van der Waals surface area contributed by atoms with E-state index < -0.39 is 0 Å². The monoisotopic (exact) mass is 368 g/mol. The van der Waals surface area contributed by atoms with Gasteiger partial charge in [0.05, 0.1) is 30.5 Å². The molecule has 2 heterocycles. The first-order valence-corrected chi connectivity index (χ1v) is 9.56. The van der Waals surface area contributed by atoms with E-state index in [1.54, 1.807) is 17.2 Å². The lowest BCUT2D eigenvalue weighted by molar-refractivity contribution is -0.128. The Labute approximate surface area is 158 Å². The molecule has 6 heteroatoms. The number of para-hydroxylation sites is 2. The number of hydrogen-bond donors (Lipinski definition) is 1. The largest absolute Gasteiger partial charge is 0.488 e. The fourth-order valence-corrected chi connectivity index (χ4v) is 3.78. The molecule has 6 nitrogen and oxygen atoms in total. The van der Waals surface area contributed by atoms with Crippen molar-refractivity contribution in [2.45, 2.75) is 44.8 Å². The number of anilines is 1. The first kappa shape index (κ1) is 17.6. The van der Waals surface area contributed by atoms with E-state index >= 15 is 0 Å². The van der Waals surface area contributed by atoms with Crippen LogP contribution >= 0.6 is 0 Å². The summed E-state index contributed by atoms with van der Waals surface area (Å²) < 4.78 is 11.4. The highest BCUT2D eigenvalue weighted by atomic mass is 16.5. The van der Waals surface area contributed by atoms with Gasteiger partial charge in [0.1, 0.15) is 11.5 Å². The summed E-state index contributed by atoms with van der Waals surface area (Å²) >= 11 is 0. The number of nitrogens with zero attached hydrogens (tertiary/aromatic N) is 1. The number of furan rings is 1. The lowest BCUT2D eigenvalue weighted by Gasteiger charge is -2.18. The summed E-state index contributed by atoms with van der Waals surface area (Å²) in [5, 5.41) is 2.96. The van der Waals surface area contributed by atoms with Gasteiger partial charge in [-0.2, -0.15) is 0 Å². The average molecular weight is 368 g/mol. The number of ether oxygens (including phenoxy) is 1. The number of likely N-dealkylation sites (tertiary alicyclic amines) is 1. The van der Waals surface area contributed by atoms with Crippen LogP contribution in [0, 0.1) is 5.92 Å². The van der Waals surface area contributed by atoms with E-state index in [0.717, 1.165) is 18.6 Å². The smallest absolute Gasteiger partial charge is 0.229 e. The molecule has 2 fully saturated rings. The van der Waals surface area contributed by atoms with Gasteiger partial charge < -0.3 is 19.4 Å². The summed E-state index contributed by atoms with van der Waals surface area (Å²) in [5.41, 5.74) is 0.673. The van der Waals surface area contributed by atoms with Gasteiger partial charge in [-0.3, -0.25) is 9.59 Å². The summed E-state index contributed by atoms with van der Waals surface area (Å²) in [5.74, 6) is 0.885. The Morgan fingerprint density at radius 3 is 2.78 bits per heavy atom. The Balaban J connectivity index is 1.38. The van der Waals surface area contributed by atoms with Gasteiger partial charge in [0.2, 0.25) is 11.8 Å². The topological polar surface area (TPSA) is 71.8 Å². The minimum atomic E-state index is -0.369. The summed E-state index contributed by atoms with van der Waals surface area (Å²) in [6.07, 6.45) is 6.52. The first-order valence-electron chi connectivity index (χ1n) is 9.56. The van der Waals surface area contributed by atoms with Crippen LogP contribution in [-0.4, -0.2) is 29.4 Å². The molecule has 0 radical (unpaired) electrons. The Hall–Kier alpha value is -2.76. The maximum absolute atomic E-state index is 12.7. The molecule has 4 rings (SSSR count). The average Bonchev–Trinajstić information content (AvgIpc) is 3.41. The van der Waals surface area contributed by atoms with Crippen LogP contribution in [0.25, 0.3) is 0 Å². The molecule has 0 spiro atoms. The van der Waals surface area contributed by atoms with Crippen molar-refractivity contribution in [1.29, 1.82) is 0 Å². The second kappa shape index (κ2) is 7.86. The van der Waals surface area contributed by atoms with E-state index in [-0.39, 0.29) is 30.3 Å². The molecule has 1 aliphatic heterocycles. The van der Waals surface area contributed by atoms with Crippen molar-refractivity contribution < 1.29 is 18.7 Å². The predicted octanol–water partition coefficient (Wildman–Crippen LogP) is 3.59. The van der Waals surface area contributed by atoms with Crippen LogP contribution in [0.5, 0.6) is 5.75 Å². The lowest BCUT2D eigenvalue weighted by Crippen LogP contribution is -2.28. The molecule has 1 atom stereocenters. The number of amides is 2. The number of carbonyl (C=O) groups excluding carboxylic acids is 2. The fraction of sp³-hybridized carbons (Fsp3) is 0.429. The number of carbonyl (C=O) groups is 2. The predicted molar refractivity (Wildman–Crippen MR) is 100 cm³/mol. The lowest BCUT2D eigenvalue weighted by atomic mass is 10.1. The van der Waals surface area contributed by atoms with Gasteiger partial charge in [-0.1, -0.05) is 12.1 Å². The molecule has 142 valence electrons. The van der Waals surface area contributed by atoms with E-state index in [4.69, 9.17) is 9.15 Å². The Kier molecular flexibility index (Phi) is 5.14. The van der Waals surface area contributed by atoms with Crippen molar-refractivity contribution in [3.63, 3.8) is 0 Å². The van der Waals surface area contributed by atoms with Gasteiger partial charge in [-0.05, 0) is 49.9 Å². The fourth-order valence-electron chi connectivity index (χ4n) is 3.78. The third-order valence-corrected chi connectivity index (χ3v) is 5.25. The molecule has 1 aliphatic carbocycles. The SMILES string of the molecule is O=C(Nc1ccccc1OC1CCCC1)C1CC(=O)N(Cc2ccco2)C1. The zero-order valence-electron chi connectivity index (χ0n) is 15.2. The van der Waals surface area contributed by atoms with Crippen LogP contribution in [0.15, 0.2) is 47.1 Å². The summed E-state index contributed by atoms with van der Waals surface area (Å²) in [4.78, 5) is 26.6. The van der Waals surface area contributed by atoms with Crippen LogP contribution < -0.4 is 10.1 Å². The van der Waals surface area contributed by atoms with Crippen LogP contribution in [0.4, 0.5) is 5.69 Å². The molecule has 1 aromatic carbocycles. The maximum Gasteiger partial charge on any atom is 0.229 e. The molecule has 1 saturated heterocycles. The molecule has 2 aliphatic rings. The van der Waals surface area contributed by atoms with Crippen molar-refractivity contribution in [1.82, 2.24) is 4.90 Å². The van der Waals surface area contributed by atoms with E-state index in [9.17, 15) is 9.59 Å². The molecule has 1 saturated carbocycles. The minimum absolute atomic E-state index is 0.0259. The number of nitrogens with one attached hydrogen (secondary N) is 1. The van der Waals surface area contributed by atoms with Crippen LogP contribution in [0.3, 0.4) is 0 Å². The van der Waals surface area contributed by atoms with Gasteiger partial charge in [-0.15, -0.1) is 0 Å². The van der Waals surface area contributed by atoms with E-state index in [1.165, 1.54) is 12.8 Å². The minimum Gasteiger partial charge on any atom is -0.488 e. The zero-order valence-corrected chi connectivity index (χ0v) is 15.2. The highest BCUT2D eigenvalue weighted by Crippen LogP contribution is 2.31. The molecule has 1 unspecified atom stereocenters. The van der Waals surface area contributed by atoms with Gasteiger partial charge in [-0.25, -0.2) is 0 Å². The molecule has 1 aromatic heterocycles. The van der Waals surface area contributed by atoms with E-state index in [2.05, 4.69) is 5.32 Å². The zero-order chi connectivity index (χ0) is 18.6. The quantitative estimate of drug-likeness (QED) is 0.846. The number of rotatable bonds is 6. The second-order valence-corrected chi connectivity index (χ2v) is 7.26. The molecule has 27 heavy (non-hydrogen) atoms.